The molecule has 4 aromatic rings. The molecule has 0 aliphatic rings. The van der Waals surface area contributed by atoms with E-state index in [0.717, 1.165) is 29.4 Å². The Balaban J connectivity index is 1.51. The first-order chi connectivity index (χ1) is 14.1. The van der Waals surface area contributed by atoms with Crippen LogP contribution in [0.25, 0.3) is 10.9 Å². The molecule has 29 heavy (non-hydrogen) atoms. The smallest absolute Gasteiger partial charge is 0.267 e. The molecule has 2 heterocycles. The van der Waals surface area contributed by atoms with Gasteiger partial charge in [-0.1, -0.05) is 36.4 Å². The van der Waals surface area contributed by atoms with E-state index in [2.05, 4.69) is 10.4 Å². The van der Waals surface area contributed by atoms with Gasteiger partial charge >= 0.3 is 0 Å². The normalized spacial score (nSPS) is 11.1. The van der Waals surface area contributed by atoms with Gasteiger partial charge < -0.3 is 9.88 Å². The van der Waals surface area contributed by atoms with Crippen molar-refractivity contribution in [2.45, 2.75) is 26.4 Å². The number of fused-ring (bicyclic) bond motifs is 1. The maximum atomic E-state index is 14.2. The van der Waals surface area contributed by atoms with Gasteiger partial charge in [-0.25, -0.2) is 4.39 Å². The lowest BCUT2D eigenvalue weighted by Gasteiger charge is -2.12. The highest BCUT2D eigenvalue weighted by Crippen LogP contribution is 2.22. The second-order valence-electron chi connectivity index (χ2n) is 7.16. The quantitative estimate of drug-likeness (QED) is 0.482. The summed E-state index contributed by atoms with van der Waals surface area (Å²) in [5.74, 6) is -0.430. The number of hydrogen-bond donors (Lipinski definition) is 1. The molecule has 0 atom stereocenters. The van der Waals surface area contributed by atoms with Crippen molar-refractivity contribution in [1.29, 1.82) is 0 Å². The van der Waals surface area contributed by atoms with E-state index in [1.54, 1.807) is 18.2 Å². The third-order valence-electron chi connectivity index (χ3n) is 4.94. The predicted octanol–water partition coefficient (Wildman–Crippen LogP) is 4.15. The molecule has 0 aliphatic heterocycles. The summed E-state index contributed by atoms with van der Waals surface area (Å²) in [6.07, 6.45) is 4.58. The summed E-state index contributed by atoms with van der Waals surface area (Å²) in [5, 5.41) is 8.20. The van der Waals surface area contributed by atoms with Crippen molar-refractivity contribution in [3.8, 4) is 0 Å². The maximum absolute atomic E-state index is 14.2. The molecule has 0 fully saturated rings. The van der Waals surface area contributed by atoms with Gasteiger partial charge in [0, 0.05) is 35.8 Å². The number of halogens is 1. The van der Waals surface area contributed by atoms with Crippen LogP contribution in [0.4, 0.5) is 4.39 Å². The number of nitrogens with zero attached hydrogens (tertiary/aromatic N) is 3. The minimum Gasteiger partial charge on any atom is -0.351 e. The number of carbonyl (C=O) groups is 1. The molecular formula is C23H23FN4O. The molecule has 0 saturated carbocycles. The van der Waals surface area contributed by atoms with E-state index in [9.17, 15) is 9.18 Å². The number of aromatic nitrogens is 3. The first-order valence-corrected chi connectivity index (χ1v) is 9.71. The Morgan fingerprint density at radius 1 is 1.14 bits per heavy atom. The highest BCUT2D eigenvalue weighted by Gasteiger charge is 2.16. The van der Waals surface area contributed by atoms with Crippen LogP contribution in [0.3, 0.4) is 0 Å². The van der Waals surface area contributed by atoms with E-state index in [1.165, 1.54) is 6.07 Å². The lowest BCUT2D eigenvalue weighted by Crippen LogP contribution is -2.27. The number of benzene rings is 2. The molecule has 0 saturated heterocycles. The third kappa shape index (κ3) is 4.21. The molecule has 2 aromatic heterocycles. The Morgan fingerprint density at radius 2 is 1.93 bits per heavy atom. The van der Waals surface area contributed by atoms with Gasteiger partial charge in [-0.15, -0.1) is 0 Å². The maximum Gasteiger partial charge on any atom is 0.267 e. The fraction of sp³-hybridized carbons (Fsp3) is 0.217. The van der Waals surface area contributed by atoms with Gasteiger partial charge in [0.05, 0.1) is 12.7 Å². The fourth-order valence-corrected chi connectivity index (χ4v) is 3.49. The molecule has 4 rings (SSSR count). The Morgan fingerprint density at radius 3 is 2.72 bits per heavy atom. The van der Waals surface area contributed by atoms with Crippen molar-refractivity contribution < 1.29 is 9.18 Å². The van der Waals surface area contributed by atoms with E-state index in [1.807, 2.05) is 58.9 Å². The number of aryl methyl sites for hydroxylation is 2. The predicted molar refractivity (Wildman–Crippen MR) is 111 cm³/mol. The van der Waals surface area contributed by atoms with Gasteiger partial charge in [-0.05, 0) is 37.1 Å². The topological polar surface area (TPSA) is 51.9 Å². The summed E-state index contributed by atoms with van der Waals surface area (Å²) >= 11 is 0. The van der Waals surface area contributed by atoms with Crippen molar-refractivity contribution in [3.63, 3.8) is 0 Å². The van der Waals surface area contributed by atoms with Crippen LogP contribution < -0.4 is 5.32 Å². The number of rotatable bonds is 7. The summed E-state index contributed by atoms with van der Waals surface area (Å²) in [5.41, 5.74) is 3.11. The Labute approximate surface area is 168 Å². The third-order valence-corrected chi connectivity index (χ3v) is 4.94. The monoisotopic (exact) mass is 390 g/mol. The molecule has 1 amide bonds. The number of hydrogen-bond acceptors (Lipinski definition) is 2. The molecule has 0 radical (unpaired) electrons. The van der Waals surface area contributed by atoms with Gasteiger partial charge in [-0.3, -0.25) is 9.48 Å². The average molecular weight is 390 g/mol. The molecular weight excluding hydrogens is 367 g/mol. The van der Waals surface area contributed by atoms with Crippen molar-refractivity contribution in [3.05, 3.63) is 89.6 Å². The van der Waals surface area contributed by atoms with Crippen LogP contribution in [0.15, 0.2) is 67.0 Å². The summed E-state index contributed by atoms with van der Waals surface area (Å²) in [6.45, 7) is 3.58. The molecule has 2 aromatic carbocycles. The molecule has 5 nitrogen and oxygen atoms in total. The van der Waals surface area contributed by atoms with Gasteiger partial charge in [0.2, 0.25) is 0 Å². The lowest BCUT2D eigenvalue weighted by molar-refractivity contribution is 0.0944. The zero-order valence-electron chi connectivity index (χ0n) is 16.3. The van der Waals surface area contributed by atoms with Crippen molar-refractivity contribution in [2.75, 3.05) is 6.54 Å². The first-order valence-electron chi connectivity index (χ1n) is 9.71. The Kier molecular flexibility index (Phi) is 5.42. The van der Waals surface area contributed by atoms with Gasteiger partial charge in [0.15, 0.2) is 0 Å². The molecule has 1 N–H and O–H groups in total. The van der Waals surface area contributed by atoms with E-state index in [0.29, 0.717) is 24.3 Å². The van der Waals surface area contributed by atoms with Crippen LogP contribution in [-0.4, -0.2) is 26.8 Å². The Hall–Kier alpha value is -3.41. The number of nitrogens with one attached hydrogen (secondary N) is 1. The first kappa shape index (κ1) is 18.9. The lowest BCUT2D eigenvalue weighted by atomic mass is 10.2. The molecule has 0 spiro atoms. The van der Waals surface area contributed by atoms with Gasteiger partial charge in [0.1, 0.15) is 11.5 Å². The van der Waals surface area contributed by atoms with Crippen LogP contribution in [0.5, 0.6) is 0 Å². The minimum absolute atomic E-state index is 0.158. The molecule has 6 heteroatoms. The molecule has 0 bridgehead atoms. The highest BCUT2D eigenvalue weighted by molar-refractivity contribution is 5.98. The van der Waals surface area contributed by atoms with Gasteiger partial charge in [-0.2, -0.15) is 5.10 Å². The summed E-state index contributed by atoms with van der Waals surface area (Å²) < 4.78 is 18.0. The fourth-order valence-electron chi connectivity index (χ4n) is 3.49. The largest absolute Gasteiger partial charge is 0.351 e. The van der Waals surface area contributed by atoms with Crippen LogP contribution in [0.2, 0.25) is 0 Å². The SMILES string of the molecule is Cc1cnn(CCCNC(=O)c2cc3ccccc3n2Cc2ccccc2F)c1. The van der Waals surface area contributed by atoms with Crippen LogP contribution in [0, 0.1) is 12.7 Å². The van der Waals surface area contributed by atoms with Gasteiger partial charge in [0.25, 0.3) is 5.91 Å². The minimum atomic E-state index is -0.272. The van der Waals surface area contributed by atoms with E-state index < -0.39 is 0 Å². The molecule has 0 aliphatic carbocycles. The summed E-state index contributed by atoms with van der Waals surface area (Å²) in [4.78, 5) is 12.9. The van der Waals surface area contributed by atoms with Crippen molar-refractivity contribution in [2.24, 2.45) is 0 Å². The number of para-hydroxylation sites is 1. The summed E-state index contributed by atoms with van der Waals surface area (Å²) in [7, 11) is 0. The molecule has 0 unspecified atom stereocenters. The van der Waals surface area contributed by atoms with Crippen LogP contribution >= 0.6 is 0 Å². The van der Waals surface area contributed by atoms with E-state index in [4.69, 9.17) is 0 Å². The number of amides is 1. The molecule has 148 valence electrons. The van der Waals surface area contributed by atoms with E-state index >= 15 is 0 Å². The van der Waals surface area contributed by atoms with Crippen molar-refractivity contribution in [1.82, 2.24) is 19.7 Å². The van der Waals surface area contributed by atoms with Crippen molar-refractivity contribution >= 4 is 16.8 Å². The number of carbonyl (C=O) groups excluding carboxylic acids is 1. The second kappa shape index (κ2) is 8.31. The summed E-state index contributed by atoms with van der Waals surface area (Å²) in [6, 6.07) is 16.3. The van der Waals surface area contributed by atoms with E-state index in [-0.39, 0.29) is 11.7 Å². The van der Waals surface area contributed by atoms with Crippen LogP contribution in [0.1, 0.15) is 28.0 Å². The second-order valence-corrected chi connectivity index (χ2v) is 7.16. The highest BCUT2D eigenvalue weighted by atomic mass is 19.1. The zero-order chi connectivity index (χ0) is 20.2. The Bertz CT molecular complexity index is 1140. The zero-order valence-corrected chi connectivity index (χ0v) is 16.3. The average Bonchev–Trinajstić information content (AvgIpc) is 3.30. The van der Waals surface area contributed by atoms with Crippen LogP contribution in [-0.2, 0) is 13.1 Å². The standard InChI is InChI=1S/C23H23FN4O/c1-17-14-26-27(15-17)12-6-11-25-23(29)22-13-18-7-3-5-10-21(18)28(22)16-19-8-2-4-9-20(19)24/h2-5,7-10,13-15H,6,11-12,16H2,1H3,(H,25,29).